The van der Waals surface area contributed by atoms with Gasteiger partial charge in [0.15, 0.2) is 0 Å². The summed E-state index contributed by atoms with van der Waals surface area (Å²) in [6, 6.07) is 3.26. The van der Waals surface area contributed by atoms with E-state index < -0.39 is 5.97 Å². The quantitative estimate of drug-likeness (QED) is 0.698. The van der Waals surface area contributed by atoms with E-state index >= 15 is 0 Å². The van der Waals surface area contributed by atoms with Crippen LogP contribution in [0.4, 0.5) is 0 Å². The maximum atomic E-state index is 11.0. The molecule has 1 unspecified atom stereocenters. The first-order valence-corrected chi connectivity index (χ1v) is 4.68. The van der Waals surface area contributed by atoms with Gasteiger partial charge in [0.25, 0.3) is 0 Å². The Balaban J connectivity index is 2.49. The van der Waals surface area contributed by atoms with E-state index in [1.807, 2.05) is 6.92 Å². The number of furan rings is 1. The molecule has 1 rings (SSSR count). The van der Waals surface area contributed by atoms with E-state index in [0.717, 1.165) is 0 Å². The third-order valence-corrected chi connectivity index (χ3v) is 1.95. The zero-order valence-electron chi connectivity index (χ0n) is 8.82. The molecule has 1 aromatic rings. The van der Waals surface area contributed by atoms with Gasteiger partial charge in [-0.05, 0) is 19.1 Å². The fourth-order valence-electron chi connectivity index (χ4n) is 1.02. The Bertz CT molecular complexity index is 321. The van der Waals surface area contributed by atoms with Crippen molar-refractivity contribution in [3.05, 3.63) is 23.7 Å². The molecule has 5 heteroatoms. The Labute approximate surface area is 88.0 Å². The molecule has 1 atom stereocenters. The smallest absolute Gasteiger partial charge is 0.373 e. The number of ether oxygens (including phenoxy) is 1. The summed E-state index contributed by atoms with van der Waals surface area (Å²) in [6.07, 6.45) is 0. The third kappa shape index (κ3) is 3.38. The number of hydrogen-bond donors (Lipinski definition) is 2. The molecule has 1 aromatic heterocycles. The molecule has 0 saturated carbocycles. The number of nitrogens with one attached hydrogen (secondary N) is 1. The molecule has 0 saturated heterocycles. The SMILES string of the molecule is COC(=O)c1ccc(CNC(C)CO)o1. The number of hydrogen-bond acceptors (Lipinski definition) is 5. The van der Waals surface area contributed by atoms with Crippen LogP contribution in [0, 0.1) is 0 Å². The van der Waals surface area contributed by atoms with Crippen LogP contribution in [0.5, 0.6) is 0 Å². The standard InChI is InChI=1S/C10H15NO4/c1-7(6-12)11-5-8-3-4-9(15-8)10(13)14-2/h3-4,7,11-12H,5-6H2,1-2H3. The van der Waals surface area contributed by atoms with Crippen molar-refractivity contribution >= 4 is 5.97 Å². The Morgan fingerprint density at radius 2 is 2.40 bits per heavy atom. The van der Waals surface area contributed by atoms with Crippen LogP contribution in [0.3, 0.4) is 0 Å². The molecule has 0 aliphatic carbocycles. The molecule has 0 amide bonds. The maximum absolute atomic E-state index is 11.0. The first-order chi connectivity index (χ1) is 7.17. The van der Waals surface area contributed by atoms with Gasteiger partial charge in [-0.2, -0.15) is 0 Å². The molecule has 2 N–H and O–H groups in total. The van der Waals surface area contributed by atoms with Gasteiger partial charge >= 0.3 is 5.97 Å². The first-order valence-electron chi connectivity index (χ1n) is 4.68. The predicted octanol–water partition coefficient (Wildman–Crippen LogP) is 0.537. The van der Waals surface area contributed by atoms with Crippen LogP contribution in [0.15, 0.2) is 16.5 Å². The highest BCUT2D eigenvalue weighted by atomic mass is 16.5. The van der Waals surface area contributed by atoms with Gasteiger partial charge in [-0.15, -0.1) is 0 Å². The minimum atomic E-state index is -0.489. The van der Waals surface area contributed by atoms with E-state index in [1.54, 1.807) is 12.1 Å². The zero-order valence-corrected chi connectivity index (χ0v) is 8.82. The van der Waals surface area contributed by atoms with Crippen LogP contribution in [-0.4, -0.2) is 30.8 Å². The molecule has 0 fully saturated rings. The average molecular weight is 213 g/mol. The molecular weight excluding hydrogens is 198 g/mol. The molecule has 0 spiro atoms. The largest absolute Gasteiger partial charge is 0.463 e. The van der Waals surface area contributed by atoms with Crippen molar-refractivity contribution in [3.8, 4) is 0 Å². The lowest BCUT2D eigenvalue weighted by Crippen LogP contribution is -2.28. The van der Waals surface area contributed by atoms with Gasteiger partial charge in [0, 0.05) is 6.04 Å². The summed E-state index contributed by atoms with van der Waals surface area (Å²) in [7, 11) is 1.30. The molecule has 0 radical (unpaired) electrons. The lowest BCUT2D eigenvalue weighted by atomic mass is 10.3. The zero-order chi connectivity index (χ0) is 11.3. The number of carbonyl (C=O) groups excluding carboxylic acids is 1. The van der Waals surface area contributed by atoms with Gasteiger partial charge in [-0.1, -0.05) is 0 Å². The third-order valence-electron chi connectivity index (χ3n) is 1.95. The molecule has 5 nitrogen and oxygen atoms in total. The topological polar surface area (TPSA) is 71.7 Å². The fourth-order valence-corrected chi connectivity index (χ4v) is 1.02. The number of carbonyl (C=O) groups is 1. The Morgan fingerprint density at radius 1 is 1.67 bits per heavy atom. The number of esters is 1. The van der Waals surface area contributed by atoms with E-state index in [4.69, 9.17) is 9.52 Å². The highest BCUT2D eigenvalue weighted by Gasteiger charge is 2.11. The molecule has 0 aliphatic rings. The van der Waals surface area contributed by atoms with Crippen molar-refractivity contribution in [1.29, 1.82) is 0 Å². The summed E-state index contributed by atoms with van der Waals surface area (Å²) >= 11 is 0. The van der Waals surface area contributed by atoms with Crippen LogP contribution in [0.1, 0.15) is 23.2 Å². The van der Waals surface area contributed by atoms with Gasteiger partial charge in [-0.25, -0.2) is 4.79 Å². The summed E-state index contributed by atoms with van der Waals surface area (Å²) in [5, 5.41) is 11.8. The van der Waals surface area contributed by atoms with E-state index in [9.17, 15) is 4.79 Å². The van der Waals surface area contributed by atoms with E-state index in [-0.39, 0.29) is 18.4 Å². The monoisotopic (exact) mass is 213 g/mol. The number of aliphatic hydroxyl groups is 1. The Kier molecular flexibility index (Phi) is 4.33. The van der Waals surface area contributed by atoms with Crippen molar-refractivity contribution in [2.45, 2.75) is 19.5 Å². The van der Waals surface area contributed by atoms with E-state index in [2.05, 4.69) is 10.1 Å². The molecule has 84 valence electrons. The second kappa shape index (κ2) is 5.53. The summed E-state index contributed by atoms with van der Waals surface area (Å²) in [4.78, 5) is 11.0. The summed E-state index contributed by atoms with van der Waals surface area (Å²) in [6.45, 7) is 2.38. The average Bonchev–Trinajstić information content (AvgIpc) is 2.73. The highest BCUT2D eigenvalue weighted by Crippen LogP contribution is 2.08. The van der Waals surface area contributed by atoms with Crippen LogP contribution in [0.2, 0.25) is 0 Å². The van der Waals surface area contributed by atoms with Gasteiger partial charge in [0.1, 0.15) is 5.76 Å². The summed E-state index contributed by atoms with van der Waals surface area (Å²) in [5.41, 5.74) is 0. The molecule has 1 heterocycles. The Morgan fingerprint density at radius 3 is 3.00 bits per heavy atom. The second-order valence-electron chi connectivity index (χ2n) is 3.22. The van der Waals surface area contributed by atoms with Crippen molar-refractivity contribution < 1.29 is 19.1 Å². The van der Waals surface area contributed by atoms with Crippen LogP contribution in [0.25, 0.3) is 0 Å². The van der Waals surface area contributed by atoms with Crippen molar-refractivity contribution in [3.63, 3.8) is 0 Å². The van der Waals surface area contributed by atoms with E-state index in [0.29, 0.717) is 12.3 Å². The van der Waals surface area contributed by atoms with Gasteiger partial charge < -0.3 is 19.6 Å². The van der Waals surface area contributed by atoms with Gasteiger partial charge in [0.2, 0.25) is 5.76 Å². The molecule has 0 aromatic carbocycles. The number of rotatable bonds is 5. The van der Waals surface area contributed by atoms with Crippen molar-refractivity contribution in [2.24, 2.45) is 0 Å². The predicted molar refractivity (Wildman–Crippen MR) is 53.4 cm³/mol. The van der Waals surface area contributed by atoms with Crippen molar-refractivity contribution in [2.75, 3.05) is 13.7 Å². The van der Waals surface area contributed by atoms with Crippen molar-refractivity contribution in [1.82, 2.24) is 5.32 Å². The van der Waals surface area contributed by atoms with E-state index in [1.165, 1.54) is 7.11 Å². The number of aliphatic hydroxyl groups excluding tert-OH is 1. The minimum absolute atomic E-state index is 0.00308. The fraction of sp³-hybridized carbons (Fsp3) is 0.500. The first kappa shape index (κ1) is 11.7. The molecule has 15 heavy (non-hydrogen) atoms. The van der Waals surface area contributed by atoms with Crippen LogP contribution in [-0.2, 0) is 11.3 Å². The van der Waals surface area contributed by atoms with Gasteiger partial charge in [0.05, 0.1) is 20.3 Å². The van der Waals surface area contributed by atoms with Crippen LogP contribution < -0.4 is 5.32 Å². The van der Waals surface area contributed by atoms with Gasteiger partial charge in [-0.3, -0.25) is 0 Å². The minimum Gasteiger partial charge on any atom is -0.463 e. The summed E-state index contributed by atoms with van der Waals surface area (Å²) < 4.78 is 9.72. The normalized spacial score (nSPS) is 12.5. The molecular formula is C10H15NO4. The second-order valence-corrected chi connectivity index (χ2v) is 3.22. The lowest BCUT2D eigenvalue weighted by molar-refractivity contribution is 0.0562. The highest BCUT2D eigenvalue weighted by molar-refractivity contribution is 5.86. The Hall–Kier alpha value is -1.33. The van der Waals surface area contributed by atoms with Crippen LogP contribution >= 0.6 is 0 Å². The summed E-state index contributed by atoms with van der Waals surface area (Å²) in [5.74, 6) is 0.332. The number of methoxy groups -OCH3 is 1. The molecule has 0 aliphatic heterocycles. The lowest BCUT2D eigenvalue weighted by Gasteiger charge is -2.08. The molecule has 0 bridgehead atoms. The maximum Gasteiger partial charge on any atom is 0.373 e.